The van der Waals surface area contributed by atoms with E-state index in [-0.39, 0.29) is 11.5 Å². The largest absolute Gasteiger partial charge is 0.411 e. The summed E-state index contributed by atoms with van der Waals surface area (Å²) in [7, 11) is 0. The zero-order chi connectivity index (χ0) is 9.68. The molecule has 4 heteroatoms. The van der Waals surface area contributed by atoms with Gasteiger partial charge < -0.3 is 5.21 Å². The van der Waals surface area contributed by atoms with Gasteiger partial charge in [0.15, 0.2) is 0 Å². The monoisotopic (exact) mass is 178 g/mol. The van der Waals surface area contributed by atoms with E-state index in [2.05, 4.69) is 10.1 Å². The fourth-order valence-corrected chi connectivity index (χ4v) is 0.922. The van der Waals surface area contributed by atoms with E-state index in [4.69, 9.17) is 5.21 Å². The second kappa shape index (κ2) is 4.35. The van der Waals surface area contributed by atoms with Crippen molar-refractivity contribution in [1.82, 2.24) is 4.98 Å². The van der Waals surface area contributed by atoms with Crippen molar-refractivity contribution in [3.8, 4) is 0 Å². The van der Waals surface area contributed by atoms with E-state index < -0.39 is 0 Å². The number of hydrogen-bond acceptors (Lipinski definition) is 4. The van der Waals surface area contributed by atoms with Crippen molar-refractivity contribution >= 4 is 11.5 Å². The molecule has 0 unspecified atom stereocenters. The van der Waals surface area contributed by atoms with Gasteiger partial charge in [0.25, 0.3) is 0 Å². The van der Waals surface area contributed by atoms with Gasteiger partial charge in [-0.2, -0.15) is 0 Å². The van der Waals surface area contributed by atoms with Gasteiger partial charge >= 0.3 is 0 Å². The quantitative estimate of drug-likeness (QED) is 0.330. The first-order chi connectivity index (χ1) is 6.29. The van der Waals surface area contributed by atoms with Crippen LogP contribution in [0.3, 0.4) is 0 Å². The first-order valence-corrected chi connectivity index (χ1v) is 3.96. The summed E-state index contributed by atoms with van der Waals surface area (Å²) in [5.74, 6) is -0.328. The first kappa shape index (κ1) is 9.38. The Balaban J connectivity index is 2.92. The van der Waals surface area contributed by atoms with E-state index in [1.54, 1.807) is 25.1 Å². The molecule has 0 aliphatic heterocycles. The van der Waals surface area contributed by atoms with Crippen molar-refractivity contribution < 1.29 is 10.0 Å². The molecule has 4 nitrogen and oxygen atoms in total. The van der Waals surface area contributed by atoms with E-state index in [0.29, 0.717) is 12.1 Å². The maximum atomic E-state index is 11.5. The smallest absolute Gasteiger partial charge is 0.228 e. The number of aromatic nitrogens is 1. The molecule has 0 spiro atoms. The number of nitrogens with zero attached hydrogens (tertiary/aromatic N) is 2. The maximum Gasteiger partial charge on any atom is 0.228 e. The molecule has 0 aliphatic carbocycles. The third kappa shape index (κ3) is 2.11. The molecule has 0 aromatic carbocycles. The maximum absolute atomic E-state index is 11.5. The van der Waals surface area contributed by atoms with E-state index in [1.165, 1.54) is 6.20 Å². The minimum absolute atomic E-state index is 0.124. The molecule has 0 saturated carbocycles. The molecule has 68 valence electrons. The highest BCUT2D eigenvalue weighted by molar-refractivity contribution is 6.45. The topological polar surface area (TPSA) is 62.6 Å². The van der Waals surface area contributed by atoms with Gasteiger partial charge in [-0.05, 0) is 18.6 Å². The minimum atomic E-state index is -0.328. The molecular formula is C9H10N2O2. The van der Waals surface area contributed by atoms with Gasteiger partial charge in [-0.1, -0.05) is 18.1 Å². The molecule has 0 atom stereocenters. The highest BCUT2D eigenvalue weighted by Gasteiger charge is 2.12. The van der Waals surface area contributed by atoms with Crippen molar-refractivity contribution in [3.63, 3.8) is 0 Å². The van der Waals surface area contributed by atoms with E-state index in [0.717, 1.165) is 0 Å². The minimum Gasteiger partial charge on any atom is -0.411 e. The molecule has 1 aromatic heterocycles. The lowest BCUT2D eigenvalue weighted by Gasteiger charge is -1.98. The van der Waals surface area contributed by atoms with Gasteiger partial charge in [-0.15, -0.1) is 0 Å². The lowest BCUT2D eigenvalue weighted by Crippen LogP contribution is -2.14. The van der Waals surface area contributed by atoms with Crippen LogP contribution < -0.4 is 0 Å². The zero-order valence-electron chi connectivity index (χ0n) is 7.27. The summed E-state index contributed by atoms with van der Waals surface area (Å²) < 4.78 is 0. The molecular weight excluding hydrogens is 168 g/mol. The van der Waals surface area contributed by atoms with Crippen molar-refractivity contribution in [2.45, 2.75) is 13.3 Å². The summed E-state index contributed by atoms with van der Waals surface area (Å²) >= 11 is 0. The molecule has 1 heterocycles. The van der Waals surface area contributed by atoms with Crippen molar-refractivity contribution in [3.05, 3.63) is 30.1 Å². The van der Waals surface area contributed by atoms with Crippen LogP contribution in [0.2, 0.25) is 0 Å². The molecule has 13 heavy (non-hydrogen) atoms. The zero-order valence-corrected chi connectivity index (χ0v) is 7.27. The Labute approximate surface area is 75.9 Å². The third-order valence-electron chi connectivity index (χ3n) is 1.62. The van der Waals surface area contributed by atoms with Crippen LogP contribution in [-0.2, 0) is 0 Å². The van der Waals surface area contributed by atoms with Crippen molar-refractivity contribution in [1.29, 1.82) is 0 Å². The molecule has 0 aliphatic rings. The van der Waals surface area contributed by atoms with E-state index >= 15 is 0 Å². The molecule has 1 N–H and O–H groups in total. The van der Waals surface area contributed by atoms with E-state index in [9.17, 15) is 4.79 Å². The highest BCUT2D eigenvalue weighted by Crippen LogP contribution is 1.99. The van der Waals surface area contributed by atoms with Gasteiger partial charge in [0.1, 0.15) is 11.4 Å². The summed E-state index contributed by atoms with van der Waals surface area (Å²) in [6, 6.07) is 5.02. The molecule has 1 rings (SSSR count). The Bertz CT molecular complexity index is 320. The second-order valence-corrected chi connectivity index (χ2v) is 2.44. The number of rotatable bonds is 3. The van der Waals surface area contributed by atoms with Gasteiger partial charge in [-0.25, -0.2) is 0 Å². The Morgan fingerprint density at radius 1 is 1.62 bits per heavy atom. The standard InChI is InChI=1S/C9H10N2O2/c1-2-7(11-13)9(12)8-5-3-4-6-10-8/h3-6,13H,2H2,1H3/b11-7-. The SMILES string of the molecule is CC/C(=N/O)C(=O)c1ccccn1. The molecule has 0 bridgehead atoms. The second-order valence-electron chi connectivity index (χ2n) is 2.44. The number of carbonyl (C=O) groups is 1. The summed E-state index contributed by atoms with van der Waals surface area (Å²) in [4.78, 5) is 15.3. The van der Waals surface area contributed by atoms with Crippen LogP contribution in [0.1, 0.15) is 23.8 Å². The molecule has 0 radical (unpaired) electrons. The van der Waals surface area contributed by atoms with Crippen molar-refractivity contribution in [2.24, 2.45) is 5.16 Å². The van der Waals surface area contributed by atoms with E-state index in [1.807, 2.05) is 0 Å². The fraction of sp³-hybridized carbons (Fsp3) is 0.222. The number of oxime groups is 1. The highest BCUT2D eigenvalue weighted by atomic mass is 16.4. The molecule has 0 saturated heterocycles. The average molecular weight is 178 g/mol. The Morgan fingerprint density at radius 2 is 2.38 bits per heavy atom. The predicted octanol–water partition coefficient (Wildman–Crippen LogP) is 1.50. The van der Waals surface area contributed by atoms with Crippen LogP contribution in [-0.4, -0.2) is 21.7 Å². The number of Topliss-reactive ketones (excluding diaryl/α,β-unsaturated/α-hetero) is 1. The lowest BCUT2D eigenvalue weighted by atomic mass is 10.1. The van der Waals surface area contributed by atoms with Crippen LogP contribution in [0.4, 0.5) is 0 Å². The summed E-state index contributed by atoms with van der Waals surface area (Å²) in [5.41, 5.74) is 0.427. The van der Waals surface area contributed by atoms with Gasteiger partial charge in [0, 0.05) is 6.20 Å². The lowest BCUT2D eigenvalue weighted by molar-refractivity contribution is 0.105. The van der Waals surface area contributed by atoms with Crippen LogP contribution in [0.15, 0.2) is 29.6 Å². The normalized spacial score (nSPS) is 11.3. The Morgan fingerprint density at radius 3 is 2.85 bits per heavy atom. The summed E-state index contributed by atoms with van der Waals surface area (Å²) in [6.45, 7) is 1.75. The van der Waals surface area contributed by atoms with Crippen LogP contribution in [0, 0.1) is 0 Å². The Hall–Kier alpha value is -1.71. The number of hydrogen-bond donors (Lipinski definition) is 1. The van der Waals surface area contributed by atoms with Crippen LogP contribution in [0.5, 0.6) is 0 Å². The summed E-state index contributed by atoms with van der Waals surface area (Å²) in [5, 5.41) is 11.4. The number of pyridine rings is 1. The van der Waals surface area contributed by atoms with Crippen molar-refractivity contribution in [2.75, 3.05) is 0 Å². The predicted molar refractivity (Wildman–Crippen MR) is 48.1 cm³/mol. The van der Waals surface area contributed by atoms with Crippen LogP contribution in [0.25, 0.3) is 0 Å². The van der Waals surface area contributed by atoms with Gasteiger partial charge in [0.2, 0.25) is 5.78 Å². The average Bonchev–Trinajstić information content (AvgIpc) is 2.21. The number of ketones is 1. The molecule has 1 aromatic rings. The Kier molecular flexibility index (Phi) is 3.14. The first-order valence-electron chi connectivity index (χ1n) is 3.96. The molecule has 0 amide bonds. The fourth-order valence-electron chi connectivity index (χ4n) is 0.922. The molecule has 0 fully saturated rings. The van der Waals surface area contributed by atoms with Gasteiger partial charge in [0.05, 0.1) is 0 Å². The third-order valence-corrected chi connectivity index (χ3v) is 1.62. The van der Waals surface area contributed by atoms with Crippen LogP contribution >= 0.6 is 0 Å². The van der Waals surface area contributed by atoms with Gasteiger partial charge in [-0.3, -0.25) is 9.78 Å². The number of carbonyl (C=O) groups excluding carboxylic acids is 1. The summed E-state index contributed by atoms with van der Waals surface area (Å²) in [6.07, 6.45) is 1.92.